The summed E-state index contributed by atoms with van der Waals surface area (Å²) in [5, 5.41) is 6.91. The van der Waals surface area contributed by atoms with Gasteiger partial charge < -0.3 is 15.4 Å². The van der Waals surface area contributed by atoms with Crippen LogP contribution in [0.25, 0.3) is 0 Å². The SMILES string of the molecule is COc1ccc(C)cc1NC(=O)C(Nc1ccc(Cl)cc1)c1ccccc1. The third-order valence-corrected chi connectivity index (χ3v) is 4.42. The predicted molar refractivity (Wildman–Crippen MR) is 111 cm³/mol. The topological polar surface area (TPSA) is 50.4 Å². The Balaban J connectivity index is 1.89. The molecule has 27 heavy (non-hydrogen) atoms. The molecule has 0 aromatic heterocycles. The van der Waals surface area contributed by atoms with E-state index >= 15 is 0 Å². The summed E-state index contributed by atoms with van der Waals surface area (Å²) in [5.74, 6) is 0.437. The fourth-order valence-corrected chi connectivity index (χ4v) is 2.91. The highest BCUT2D eigenvalue weighted by Crippen LogP contribution is 2.28. The molecule has 0 saturated carbocycles. The molecule has 4 nitrogen and oxygen atoms in total. The number of ether oxygens (including phenoxy) is 1. The normalized spacial score (nSPS) is 11.5. The van der Waals surface area contributed by atoms with Gasteiger partial charge >= 0.3 is 0 Å². The number of halogens is 1. The largest absolute Gasteiger partial charge is 0.495 e. The quantitative estimate of drug-likeness (QED) is 0.597. The van der Waals surface area contributed by atoms with Gasteiger partial charge in [-0.3, -0.25) is 4.79 Å². The molecular formula is C22H21ClN2O2. The smallest absolute Gasteiger partial charge is 0.251 e. The zero-order chi connectivity index (χ0) is 19.2. The van der Waals surface area contributed by atoms with Crippen LogP contribution < -0.4 is 15.4 Å². The number of aryl methyl sites for hydroxylation is 1. The zero-order valence-corrected chi connectivity index (χ0v) is 16.0. The molecule has 0 aliphatic carbocycles. The minimum Gasteiger partial charge on any atom is -0.495 e. The highest BCUT2D eigenvalue weighted by molar-refractivity contribution is 6.30. The summed E-state index contributed by atoms with van der Waals surface area (Å²) in [5.41, 5.74) is 3.34. The number of hydrogen-bond donors (Lipinski definition) is 2. The van der Waals surface area contributed by atoms with Crippen molar-refractivity contribution in [3.05, 3.63) is 88.9 Å². The Morgan fingerprint density at radius 2 is 1.70 bits per heavy atom. The average Bonchev–Trinajstić information content (AvgIpc) is 2.68. The van der Waals surface area contributed by atoms with Crippen LogP contribution in [0.5, 0.6) is 5.75 Å². The lowest BCUT2D eigenvalue weighted by molar-refractivity contribution is -0.117. The molecule has 0 saturated heterocycles. The molecule has 0 aliphatic heterocycles. The first kappa shape index (κ1) is 18.8. The van der Waals surface area contributed by atoms with E-state index in [1.165, 1.54) is 0 Å². The fourth-order valence-electron chi connectivity index (χ4n) is 2.78. The van der Waals surface area contributed by atoms with Crippen molar-refractivity contribution in [1.29, 1.82) is 0 Å². The minimum atomic E-state index is -0.572. The Kier molecular flexibility index (Phi) is 5.99. The number of carbonyl (C=O) groups is 1. The molecule has 5 heteroatoms. The highest BCUT2D eigenvalue weighted by atomic mass is 35.5. The van der Waals surface area contributed by atoms with Crippen molar-refractivity contribution < 1.29 is 9.53 Å². The van der Waals surface area contributed by atoms with Crippen molar-refractivity contribution in [2.75, 3.05) is 17.7 Å². The highest BCUT2D eigenvalue weighted by Gasteiger charge is 2.21. The second-order valence-electron chi connectivity index (χ2n) is 6.19. The number of methoxy groups -OCH3 is 1. The van der Waals surface area contributed by atoms with Crippen LogP contribution in [0.15, 0.2) is 72.8 Å². The molecule has 1 unspecified atom stereocenters. The second kappa shape index (κ2) is 8.60. The number of carbonyl (C=O) groups excluding carboxylic acids is 1. The first-order chi connectivity index (χ1) is 13.1. The van der Waals surface area contributed by atoms with Gasteiger partial charge in [0.05, 0.1) is 12.8 Å². The van der Waals surface area contributed by atoms with Gasteiger partial charge in [-0.1, -0.05) is 48.0 Å². The van der Waals surface area contributed by atoms with Crippen molar-refractivity contribution >= 4 is 28.9 Å². The summed E-state index contributed by atoms with van der Waals surface area (Å²) in [7, 11) is 1.58. The molecule has 1 amide bonds. The molecular weight excluding hydrogens is 360 g/mol. The van der Waals surface area contributed by atoms with Crippen LogP contribution in [0.4, 0.5) is 11.4 Å². The summed E-state index contributed by atoms with van der Waals surface area (Å²) in [6, 6.07) is 21.9. The van der Waals surface area contributed by atoms with Crippen molar-refractivity contribution in [3.8, 4) is 5.75 Å². The number of nitrogens with one attached hydrogen (secondary N) is 2. The van der Waals surface area contributed by atoms with Crippen LogP contribution in [0.2, 0.25) is 5.02 Å². The zero-order valence-electron chi connectivity index (χ0n) is 15.2. The third-order valence-electron chi connectivity index (χ3n) is 4.16. The molecule has 2 N–H and O–H groups in total. The van der Waals surface area contributed by atoms with Crippen LogP contribution in [0.1, 0.15) is 17.2 Å². The summed E-state index contributed by atoms with van der Waals surface area (Å²) >= 11 is 5.96. The van der Waals surface area contributed by atoms with Crippen molar-refractivity contribution in [3.63, 3.8) is 0 Å². The van der Waals surface area contributed by atoms with Crippen LogP contribution in [0.3, 0.4) is 0 Å². The lowest BCUT2D eigenvalue weighted by atomic mass is 10.1. The van der Waals surface area contributed by atoms with E-state index in [0.717, 1.165) is 16.8 Å². The molecule has 0 heterocycles. The van der Waals surface area contributed by atoms with E-state index in [2.05, 4.69) is 10.6 Å². The molecule has 0 spiro atoms. The summed E-state index contributed by atoms with van der Waals surface area (Å²) in [6.07, 6.45) is 0. The number of rotatable bonds is 6. The molecule has 0 bridgehead atoms. The molecule has 0 radical (unpaired) electrons. The van der Waals surface area contributed by atoms with Gasteiger partial charge in [0.15, 0.2) is 0 Å². The van der Waals surface area contributed by atoms with E-state index < -0.39 is 6.04 Å². The molecule has 3 aromatic carbocycles. The van der Waals surface area contributed by atoms with Crippen molar-refractivity contribution in [1.82, 2.24) is 0 Å². The number of benzene rings is 3. The summed E-state index contributed by atoms with van der Waals surface area (Å²) < 4.78 is 5.37. The standard InChI is InChI=1S/C22H21ClN2O2/c1-15-8-13-20(27-2)19(14-15)25-22(26)21(16-6-4-3-5-7-16)24-18-11-9-17(23)10-12-18/h3-14,21,24H,1-2H3,(H,25,26). The van der Waals surface area contributed by atoms with E-state index in [-0.39, 0.29) is 5.91 Å². The van der Waals surface area contributed by atoms with Crippen LogP contribution in [0, 0.1) is 6.92 Å². The molecule has 0 fully saturated rings. The Labute approximate surface area is 164 Å². The first-order valence-electron chi connectivity index (χ1n) is 8.59. The van der Waals surface area contributed by atoms with Crippen molar-refractivity contribution in [2.24, 2.45) is 0 Å². The van der Waals surface area contributed by atoms with Gasteiger partial charge in [0, 0.05) is 10.7 Å². The second-order valence-corrected chi connectivity index (χ2v) is 6.62. The van der Waals surface area contributed by atoms with E-state index in [0.29, 0.717) is 16.5 Å². The lowest BCUT2D eigenvalue weighted by Gasteiger charge is -2.21. The fraction of sp³-hybridized carbons (Fsp3) is 0.136. The minimum absolute atomic E-state index is 0.181. The number of anilines is 2. The number of hydrogen-bond acceptors (Lipinski definition) is 3. The maximum atomic E-state index is 13.1. The van der Waals surface area contributed by atoms with E-state index in [9.17, 15) is 4.79 Å². The van der Waals surface area contributed by atoms with Gasteiger partial charge in [0.2, 0.25) is 0 Å². The maximum Gasteiger partial charge on any atom is 0.251 e. The van der Waals surface area contributed by atoms with E-state index in [4.69, 9.17) is 16.3 Å². The van der Waals surface area contributed by atoms with Gasteiger partial charge in [-0.15, -0.1) is 0 Å². The number of amides is 1. The molecule has 0 aliphatic rings. The molecule has 1 atom stereocenters. The predicted octanol–water partition coefficient (Wildman–Crippen LogP) is 5.45. The molecule has 3 aromatic rings. The Bertz CT molecular complexity index is 911. The van der Waals surface area contributed by atoms with Crippen LogP contribution in [-0.4, -0.2) is 13.0 Å². The van der Waals surface area contributed by atoms with Gasteiger partial charge in [0.25, 0.3) is 5.91 Å². The summed E-state index contributed by atoms with van der Waals surface area (Å²) in [6.45, 7) is 1.97. The monoisotopic (exact) mass is 380 g/mol. The van der Waals surface area contributed by atoms with E-state index in [1.807, 2.05) is 67.6 Å². The lowest BCUT2D eigenvalue weighted by Crippen LogP contribution is -2.27. The Hall–Kier alpha value is -2.98. The van der Waals surface area contributed by atoms with Crippen molar-refractivity contribution in [2.45, 2.75) is 13.0 Å². The van der Waals surface area contributed by atoms with E-state index in [1.54, 1.807) is 19.2 Å². The van der Waals surface area contributed by atoms with Gasteiger partial charge in [-0.05, 0) is 54.4 Å². The first-order valence-corrected chi connectivity index (χ1v) is 8.97. The molecule has 138 valence electrons. The maximum absolute atomic E-state index is 13.1. The Morgan fingerprint density at radius 3 is 2.37 bits per heavy atom. The van der Waals surface area contributed by atoms with Gasteiger partial charge in [0.1, 0.15) is 11.8 Å². The van der Waals surface area contributed by atoms with Crippen LogP contribution in [-0.2, 0) is 4.79 Å². The van der Waals surface area contributed by atoms with Gasteiger partial charge in [-0.2, -0.15) is 0 Å². The molecule has 3 rings (SSSR count). The van der Waals surface area contributed by atoms with Crippen LogP contribution >= 0.6 is 11.6 Å². The van der Waals surface area contributed by atoms with Gasteiger partial charge in [-0.25, -0.2) is 0 Å². The average molecular weight is 381 g/mol. The third kappa shape index (κ3) is 4.80. The summed E-state index contributed by atoms with van der Waals surface area (Å²) in [4.78, 5) is 13.1. The Morgan fingerprint density at radius 1 is 1.00 bits per heavy atom.